The Kier molecular flexibility index (Phi) is 2.73. The van der Waals surface area contributed by atoms with Crippen LogP contribution in [-0.2, 0) is 5.60 Å². The summed E-state index contributed by atoms with van der Waals surface area (Å²) in [5.41, 5.74) is -4.33. The van der Waals surface area contributed by atoms with Crippen molar-refractivity contribution < 1.29 is 27.1 Å². The lowest BCUT2D eigenvalue weighted by atomic mass is 9.95. The average molecular weight is 226 g/mol. The van der Waals surface area contributed by atoms with Crippen molar-refractivity contribution >= 4 is 0 Å². The van der Waals surface area contributed by atoms with E-state index in [9.17, 15) is 22.0 Å². The van der Waals surface area contributed by atoms with E-state index in [4.69, 9.17) is 5.11 Å². The fraction of sp³-hybridized carbons (Fsp3) is 0.333. The molecule has 0 fully saturated rings. The Morgan fingerprint density at radius 1 is 1.13 bits per heavy atom. The fourth-order valence-electron chi connectivity index (χ4n) is 1.04. The quantitative estimate of drug-likeness (QED) is 0.730. The van der Waals surface area contributed by atoms with Crippen molar-refractivity contribution in [3.05, 3.63) is 35.4 Å². The van der Waals surface area contributed by atoms with Crippen LogP contribution in [0.15, 0.2) is 18.2 Å². The van der Waals surface area contributed by atoms with E-state index in [1.807, 2.05) is 0 Å². The molecule has 1 aromatic carbocycles. The predicted octanol–water partition coefficient (Wildman–Crippen LogP) is 2.73. The maximum Gasteiger partial charge on any atom is 0.421 e. The second-order valence-corrected chi connectivity index (χ2v) is 3.19. The van der Waals surface area contributed by atoms with E-state index in [1.54, 1.807) is 0 Å². The average Bonchev–Trinajstić information content (AvgIpc) is 2.00. The molecule has 1 N–H and O–H groups in total. The van der Waals surface area contributed by atoms with E-state index in [-0.39, 0.29) is 6.07 Å². The molecular formula is C9H7F5O. The SMILES string of the molecule is CC(O)(c1ccc(F)cc1F)C(F)(F)F. The van der Waals surface area contributed by atoms with E-state index in [2.05, 4.69) is 0 Å². The Balaban J connectivity index is 3.28. The molecule has 0 aliphatic heterocycles. The van der Waals surface area contributed by atoms with E-state index in [0.717, 1.165) is 0 Å². The van der Waals surface area contributed by atoms with Crippen molar-refractivity contribution in [2.75, 3.05) is 0 Å². The lowest BCUT2D eigenvalue weighted by Crippen LogP contribution is -2.40. The summed E-state index contributed by atoms with van der Waals surface area (Å²) in [6.45, 7) is 0.406. The molecule has 0 spiro atoms. The smallest absolute Gasteiger partial charge is 0.376 e. The number of halogens is 5. The van der Waals surface area contributed by atoms with Crippen LogP contribution in [0.3, 0.4) is 0 Å². The molecule has 15 heavy (non-hydrogen) atoms. The van der Waals surface area contributed by atoms with Gasteiger partial charge in [-0.25, -0.2) is 8.78 Å². The van der Waals surface area contributed by atoms with Gasteiger partial charge in [0.1, 0.15) is 11.6 Å². The van der Waals surface area contributed by atoms with Gasteiger partial charge in [0.2, 0.25) is 0 Å². The summed E-state index contributed by atoms with van der Waals surface area (Å²) in [6, 6.07) is 1.51. The standard InChI is InChI=1S/C9H7F5O/c1-8(15,9(12,13)14)6-3-2-5(10)4-7(6)11/h2-4,15H,1H3. The van der Waals surface area contributed by atoms with Crippen LogP contribution < -0.4 is 0 Å². The largest absolute Gasteiger partial charge is 0.421 e. The molecule has 0 bridgehead atoms. The molecule has 0 aliphatic rings. The Morgan fingerprint density at radius 2 is 1.67 bits per heavy atom. The molecule has 1 rings (SSSR count). The van der Waals surface area contributed by atoms with Crippen LogP contribution in [0.1, 0.15) is 12.5 Å². The molecule has 6 heteroatoms. The second kappa shape index (κ2) is 3.44. The van der Waals surface area contributed by atoms with Gasteiger partial charge in [0, 0.05) is 11.6 Å². The molecule has 0 radical (unpaired) electrons. The van der Waals surface area contributed by atoms with Gasteiger partial charge >= 0.3 is 6.18 Å². The Morgan fingerprint density at radius 3 is 2.07 bits per heavy atom. The number of aliphatic hydroxyl groups is 1. The van der Waals surface area contributed by atoms with Crippen LogP contribution in [0, 0.1) is 11.6 Å². The lowest BCUT2D eigenvalue weighted by molar-refractivity contribution is -0.259. The summed E-state index contributed by atoms with van der Waals surface area (Å²) in [5.74, 6) is -2.44. The molecular weight excluding hydrogens is 219 g/mol. The highest BCUT2D eigenvalue weighted by Crippen LogP contribution is 2.39. The normalized spacial score (nSPS) is 16.2. The first-order valence-corrected chi connectivity index (χ1v) is 3.91. The predicted molar refractivity (Wildman–Crippen MR) is 42.0 cm³/mol. The van der Waals surface area contributed by atoms with Gasteiger partial charge in [0.15, 0.2) is 5.60 Å². The van der Waals surface area contributed by atoms with Gasteiger partial charge in [0.05, 0.1) is 0 Å². The van der Waals surface area contributed by atoms with Gasteiger partial charge in [-0.15, -0.1) is 0 Å². The number of benzene rings is 1. The number of hydrogen-bond donors (Lipinski definition) is 1. The minimum Gasteiger partial charge on any atom is -0.376 e. The third-order valence-electron chi connectivity index (χ3n) is 2.01. The second-order valence-electron chi connectivity index (χ2n) is 3.19. The van der Waals surface area contributed by atoms with Crippen LogP contribution in [-0.4, -0.2) is 11.3 Å². The summed E-state index contributed by atoms with van der Waals surface area (Å²) >= 11 is 0. The minimum absolute atomic E-state index is 0.287. The zero-order valence-corrected chi connectivity index (χ0v) is 7.57. The maximum atomic E-state index is 13.0. The summed E-state index contributed by atoms with van der Waals surface area (Å²) in [7, 11) is 0. The van der Waals surface area contributed by atoms with Crippen LogP contribution >= 0.6 is 0 Å². The van der Waals surface area contributed by atoms with Crippen molar-refractivity contribution in [2.45, 2.75) is 18.7 Å². The lowest BCUT2D eigenvalue weighted by Gasteiger charge is -2.26. The molecule has 0 saturated carbocycles. The van der Waals surface area contributed by atoms with Crippen molar-refractivity contribution in [3.8, 4) is 0 Å². The van der Waals surface area contributed by atoms with E-state index in [1.165, 1.54) is 0 Å². The summed E-state index contributed by atoms with van der Waals surface area (Å²) < 4.78 is 62.3. The maximum absolute atomic E-state index is 13.0. The number of hydrogen-bond acceptors (Lipinski definition) is 1. The summed E-state index contributed by atoms with van der Waals surface area (Å²) in [6.07, 6.45) is -5.02. The highest BCUT2D eigenvalue weighted by atomic mass is 19.4. The molecule has 0 aliphatic carbocycles. The van der Waals surface area contributed by atoms with Crippen LogP contribution in [0.4, 0.5) is 22.0 Å². The van der Waals surface area contributed by atoms with Gasteiger partial charge in [-0.3, -0.25) is 0 Å². The molecule has 1 atom stereocenters. The van der Waals surface area contributed by atoms with Gasteiger partial charge in [-0.1, -0.05) is 0 Å². The van der Waals surface area contributed by atoms with Crippen molar-refractivity contribution in [2.24, 2.45) is 0 Å². The third-order valence-corrected chi connectivity index (χ3v) is 2.01. The van der Waals surface area contributed by atoms with E-state index in [0.29, 0.717) is 19.1 Å². The Bertz CT molecular complexity index is 369. The van der Waals surface area contributed by atoms with Gasteiger partial charge in [-0.2, -0.15) is 13.2 Å². The molecule has 0 saturated heterocycles. The number of rotatable bonds is 1. The Labute approximate surface area is 82.1 Å². The van der Waals surface area contributed by atoms with Crippen LogP contribution in [0.25, 0.3) is 0 Å². The first-order chi connectivity index (χ1) is 6.66. The minimum atomic E-state index is -5.02. The van der Waals surface area contributed by atoms with E-state index < -0.39 is 29.0 Å². The zero-order valence-electron chi connectivity index (χ0n) is 7.57. The number of alkyl halides is 3. The molecule has 0 amide bonds. The van der Waals surface area contributed by atoms with Crippen molar-refractivity contribution in [1.29, 1.82) is 0 Å². The molecule has 84 valence electrons. The molecule has 1 nitrogen and oxygen atoms in total. The van der Waals surface area contributed by atoms with Crippen LogP contribution in [0.2, 0.25) is 0 Å². The first kappa shape index (κ1) is 11.9. The molecule has 0 heterocycles. The zero-order chi connectivity index (χ0) is 11.9. The summed E-state index contributed by atoms with van der Waals surface area (Å²) in [5, 5.41) is 9.11. The monoisotopic (exact) mass is 226 g/mol. The highest BCUT2D eigenvalue weighted by Gasteiger charge is 2.52. The van der Waals surface area contributed by atoms with Crippen molar-refractivity contribution in [3.63, 3.8) is 0 Å². The fourth-order valence-corrected chi connectivity index (χ4v) is 1.04. The van der Waals surface area contributed by atoms with Crippen molar-refractivity contribution in [1.82, 2.24) is 0 Å². The topological polar surface area (TPSA) is 20.2 Å². The summed E-state index contributed by atoms with van der Waals surface area (Å²) in [4.78, 5) is 0. The van der Waals surface area contributed by atoms with Gasteiger partial charge in [0.25, 0.3) is 0 Å². The van der Waals surface area contributed by atoms with E-state index >= 15 is 0 Å². The molecule has 1 unspecified atom stereocenters. The van der Waals surface area contributed by atoms with Gasteiger partial charge in [-0.05, 0) is 19.1 Å². The van der Waals surface area contributed by atoms with Gasteiger partial charge < -0.3 is 5.11 Å². The molecule has 1 aromatic rings. The molecule has 0 aromatic heterocycles. The Hall–Kier alpha value is -1.17. The highest BCUT2D eigenvalue weighted by molar-refractivity contribution is 5.25. The van der Waals surface area contributed by atoms with Crippen LogP contribution in [0.5, 0.6) is 0 Å². The first-order valence-electron chi connectivity index (χ1n) is 3.91. The third kappa shape index (κ3) is 2.09.